The zero-order valence-electron chi connectivity index (χ0n) is 17.5. The van der Waals surface area contributed by atoms with Crippen LogP contribution in [0.5, 0.6) is 0 Å². The molecule has 1 N–H and O–H groups in total. The van der Waals surface area contributed by atoms with E-state index in [1.165, 1.54) is 0 Å². The van der Waals surface area contributed by atoms with E-state index in [9.17, 15) is 13.2 Å². The monoisotopic (exact) mass is 445 g/mol. The Balaban J connectivity index is 1.59. The molecule has 0 saturated heterocycles. The quantitative estimate of drug-likeness (QED) is 0.468. The summed E-state index contributed by atoms with van der Waals surface area (Å²) < 4.78 is 27.3. The van der Waals surface area contributed by atoms with Gasteiger partial charge in [-0.2, -0.15) is 0 Å². The van der Waals surface area contributed by atoms with Crippen LogP contribution in [0.2, 0.25) is 0 Å². The summed E-state index contributed by atoms with van der Waals surface area (Å²) in [5, 5.41) is 3.04. The Kier molecular flexibility index (Phi) is 6.18. The number of carbonyl (C=O) groups excluding carboxylic acids is 1. The second-order valence-electron chi connectivity index (χ2n) is 7.49. The fraction of sp³-hybridized carbons (Fsp3) is 0.120. The van der Waals surface area contributed by atoms with E-state index < -0.39 is 15.9 Å². The number of rotatable bonds is 7. The van der Waals surface area contributed by atoms with Gasteiger partial charge in [-0.05, 0) is 35.4 Å². The van der Waals surface area contributed by atoms with E-state index in [2.05, 4.69) is 10.3 Å². The van der Waals surface area contributed by atoms with E-state index in [-0.39, 0.29) is 16.6 Å². The fourth-order valence-electron chi connectivity index (χ4n) is 3.55. The molecule has 162 valence electrons. The first kappa shape index (κ1) is 21.5. The lowest BCUT2D eigenvalue weighted by Gasteiger charge is -2.19. The summed E-state index contributed by atoms with van der Waals surface area (Å²) in [4.78, 5) is 17.8. The number of aromatic nitrogens is 2. The average Bonchev–Trinajstić information content (AvgIpc) is 3.24. The molecule has 0 fully saturated rings. The van der Waals surface area contributed by atoms with Crippen LogP contribution >= 0.6 is 0 Å². The largest absolute Gasteiger partial charge is 0.338 e. The maximum Gasteiger partial charge on any atom is 0.252 e. The number of imidazole rings is 1. The smallest absolute Gasteiger partial charge is 0.252 e. The van der Waals surface area contributed by atoms with Crippen molar-refractivity contribution >= 4 is 15.7 Å². The van der Waals surface area contributed by atoms with E-state index in [0.717, 1.165) is 5.56 Å². The van der Waals surface area contributed by atoms with Crippen LogP contribution in [0.25, 0.3) is 0 Å². The fourth-order valence-corrected chi connectivity index (χ4v) is 4.90. The van der Waals surface area contributed by atoms with Gasteiger partial charge in [0.15, 0.2) is 9.84 Å². The van der Waals surface area contributed by atoms with E-state index in [4.69, 9.17) is 0 Å². The predicted octanol–water partition coefficient (Wildman–Crippen LogP) is 3.91. The van der Waals surface area contributed by atoms with Gasteiger partial charge in [-0.3, -0.25) is 4.79 Å². The Morgan fingerprint density at radius 3 is 2.31 bits per heavy atom. The molecule has 0 bridgehead atoms. The van der Waals surface area contributed by atoms with Gasteiger partial charge in [0.05, 0.1) is 10.6 Å². The van der Waals surface area contributed by atoms with Gasteiger partial charge in [-0.1, -0.05) is 60.7 Å². The molecule has 6 nitrogen and oxygen atoms in total. The van der Waals surface area contributed by atoms with Crippen LogP contribution in [0.1, 0.15) is 33.4 Å². The van der Waals surface area contributed by atoms with Gasteiger partial charge < -0.3 is 9.88 Å². The topological polar surface area (TPSA) is 81.1 Å². The van der Waals surface area contributed by atoms with Crippen LogP contribution in [-0.2, 0) is 22.6 Å². The van der Waals surface area contributed by atoms with Crippen LogP contribution < -0.4 is 5.32 Å². The normalized spacial score (nSPS) is 12.3. The summed E-state index contributed by atoms with van der Waals surface area (Å²) in [7, 11) is -1.63. The van der Waals surface area contributed by atoms with Crippen molar-refractivity contribution in [3.63, 3.8) is 0 Å². The molecule has 7 heteroatoms. The minimum absolute atomic E-state index is 0.181. The predicted molar refractivity (Wildman–Crippen MR) is 123 cm³/mol. The number of hydrogen-bond donors (Lipinski definition) is 1. The molecule has 1 unspecified atom stereocenters. The molecule has 0 saturated carbocycles. The molecular formula is C25H23N3O3S. The number of nitrogens with zero attached hydrogens (tertiary/aromatic N) is 2. The van der Waals surface area contributed by atoms with Gasteiger partial charge in [0.2, 0.25) is 0 Å². The van der Waals surface area contributed by atoms with Crippen LogP contribution in [-0.4, -0.2) is 23.9 Å². The second kappa shape index (κ2) is 9.20. The van der Waals surface area contributed by atoms with Gasteiger partial charge in [-0.25, -0.2) is 13.4 Å². The molecule has 1 aromatic heterocycles. The summed E-state index contributed by atoms with van der Waals surface area (Å²) in [6, 6.07) is 24.2. The second-order valence-corrected chi connectivity index (χ2v) is 9.48. The maximum absolute atomic E-state index is 13.1. The van der Waals surface area contributed by atoms with E-state index in [1.807, 2.05) is 48.1 Å². The summed E-state index contributed by atoms with van der Waals surface area (Å²) in [5.74, 6) is 0.216. The first-order valence-corrected chi connectivity index (χ1v) is 11.8. The van der Waals surface area contributed by atoms with Crippen molar-refractivity contribution in [3.8, 4) is 0 Å². The summed E-state index contributed by atoms with van der Waals surface area (Å²) in [6.07, 6.45) is 3.51. The van der Waals surface area contributed by atoms with Gasteiger partial charge in [0.25, 0.3) is 5.91 Å². The molecule has 0 radical (unpaired) electrons. The highest BCUT2D eigenvalue weighted by Crippen LogP contribution is 2.22. The zero-order valence-corrected chi connectivity index (χ0v) is 18.4. The lowest BCUT2D eigenvalue weighted by Crippen LogP contribution is -2.31. The van der Waals surface area contributed by atoms with E-state index >= 15 is 0 Å². The van der Waals surface area contributed by atoms with Crippen LogP contribution in [0.15, 0.2) is 102 Å². The zero-order chi connectivity index (χ0) is 22.6. The highest BCUT2D eigenvalue weighted by atomic mass is 32.2. The molecule has 4 aromatic rings. The number of sulfone groups is 1. The van der Waals surface area contributed by atoms with Crippen molar-refractivity contribution in [2.45, 2.75) is 16.7 Å². The van der Waals surface area contributed by atoms with Crippen molar-refractivity contribution in [2.75, 3.05) is 0 Å². The van der Waals surface area contributed by atoms with Crippen molar-refractivity contribution in [3.05, 3.63) is 120 Å². The number of carbonyl (C=O) groups is 1. The molecule has 0 spiro atoms. The molecule has 1 heterocycles. The number of hydrogen-bond acceptors (Lipinski definition) is 4. The van der Waals surface area contributed by atoms with Gasteiger partial charge in [0.1, 0.15) is 11.9 Å². The van der Waals surface area contributed by atoms with Crippen molar-refractivity contribution in [1.82, 2.24) is 14.9 Å². The summed E-state index contributed by atoms with van der Waals surface area (Å²) in [6.45, 7) is 0. The molecule has 1 atom stereocenters. The Labute approximate surface area is 187 Å². The SMILES string of the molecule is Cn1ccnc1C(NC(=O)c1cccc(CS(=O)(=O)c2ccccc2)c1)c1ccccc1. The Morgan fingerprint density at radius 2 is 1.66 bits per heavy atom. The molecule has 0 aliphatic heterocycles. The molecule has 0 aliphatic carbocycles. The Hall–Kier alpha value is -3.71. The highest BCUT2D eigenvalue weighted by Gasteiger charge is 2.22. The first-order valence-electron chi connectivity index (χ1n) is 10.1. The third-order valence-corrected chi connectivity index (χ3v) is 6.88. The van der Waals surface area contributed by atoms with Gasteiger partial charge in [0, 0.05) is 25.0 Å². The Bertz CT molecular complexity index is 1320. The molecule has 4 rings (SSSR count). The van der Waals surface area contributed by atoms with E-state index in [1.54, 1.807) is 60.8 Å². The third kappa shape index (κ3) is 4.78. The molecule has 1 amide bonds. The molecule has 3 aromatic carbocycles. The Morgan fingerprint density at radius 1 is 0.969 bits per heavy atom. The maximum atomic E-state index is 13.1. The standard InChI is InChI=1S/C25H23N3O3S/c1-28-16-15-26-24(28)23(20-10-4-2-5-11-20)27-25(29)21-12-8-9-19(17-21)18-32(30,31)22-13-6-3-7-14-22/h2-17,23H,18H2,1H3,(H,27,29). The number of amides is 1. The summed E-state index contributed by atoms with van der Waals surface area (Å²) in [5.41, 5.74) is 1.84. The van der Waals surface area contributed by atoms with Gasteiger partial charge >= 0.3 is 0 Å². The minimum atomic E-state index is -3.51. The molecule has 32 heavy (non-hydrogen) atoms. The highest BCUT2D eigenvalue weighted by molar-refractivity contribution is 7.90. The first-order chi connectivity index (χ1) is 15.4. The van der Waals surface area contributed by atoms with E-state index in [0.29, 0.717) is 17.0 Å². The molecular weight excluding hydrogens is 422 g/mol. The molecule has 0 aliphatic rings. The summed E-state index contributed by atoms with van der Waals surface area (Å²) >= 11 is 0. The minimum Gasteiger partial charge on any atom is -0.338 e. The van der Waals surface area contributed by atoms with Crippen molar-refractivity contribution in [1.29, 1.82) is 0 Å². The lowest BCUT2D eigenvalue weighted by molar-refractivity contribution is 0.0941. The van der Waals surface area contributed by atoms with Crippen LogP contribution in [0, 0.1) is 0 Å². The van der Waals surface area contributed by atoms with Crippen molar-refractivity contribution < 1.29 is 13.2 Å². The van der Waals surface area contributed by atoms with Crippen LogP contribution in [0.3, 0.4) is 0 Å². The van der Waals surface area contributed by atoms with Crippen molar-refractivity contribution in [2.24, 2.45) is 7.05 Å². The number of aryl methyl sites for hydroxylation is 1. The third-order valence-electron chi connectivity index (χ3n) is 5.17. The van der Waals surface area contributed by atoms with Crippen LogP contribution in [0.4, 0.5) is 0 Å². The number of benzene rings is 3. The lowest BCUT2D eigenvalue weighted by atomic mass is 10.0. The van der Waals surface area contributed by atoms with Gasteiger partial charge in [-0.15, -0.1) is 0 Å². The number of nitrogens with one attached hydrogen (secondary N) is 1. The average molecular weight is 446 g/mol.